The van der Waals surface area contributed by atoms with Crippen LogP contribution < -0.4 is 10.9 Å². The Morgan fingerprint density at radius 2 is 1.81 bits per heavy atom. The number of rotatable bonds is 3. The van der Waals surface area contributed by atoms with Crippen LogP contribution in [0.15, 0.2) is 24.3 Å². The minimum atomic E-state index is -0.521. The number of hydrogen-bond acceptors (Lipinski definition) is 3. The SMILES string of the molecule is CC(C)(C)c1ccc(NNC(=O)CO)cc1. The van der Waals surface area contributed by atoms with Crippen molar-refractivity contribution in [2.75, 3.05) is 12.0 Å². The summed E-state index contributed by atoms with van der Waals surface area (Å²) in [5, 5.41) is 8.51. The predicted molar refractivity (Wildman–Crippen MR) is 64.0 cm³/mol. The molecule has 0 aliphatic heterocycles. The van der Waals surface area contributed by atoms with Crippen molar-refractivity contribution in [2.24, 2.45) is 0 Å². The lowest BCUT2D eigenvalue weighted by Gasteiger charge is -2.19. The zero-order valence-corrected chi connectivity index (χ0v) is 9.87. The molecule has 1 aromatic carbocycles. The molecule has 0 unspecified atom stereocenters. The molecule has 1 aromatic rings. The van der Waals surface area contributed by atoms with Gasteiger partial charge in [-0.3, -0.25) is 15.6 Å². The van der Waals surface area contributed by atoms with Gasteiger partial charge in [0.2, 0.25) is 0 Å². The quantitative estimate of drug-likeness (QED) is 0.678. The number of anilines is 1. The number of carbonyl (C=O) groups excluding carboxylic acids is 1. The second-order valence-electron chi connectivity index (χ2n) is 4.66. The maximum Gasteiger partial charge on any atom is 0.263 e. The van der Waals surface area contributed by atoms with Gasteiger partial charge in [0, 0.05) is 0 Å². The van der Waals surface area contributed by atoms with E-state index in [2.05, 4.69) is 31.6 Å². The Morgan fingerprint density at radius 3 is 2.25 bits per heavy atom. The number of aliphatic hydroxyl groups excluding tert-OH is 1. The number of carbonyl (C=O) groups is 1. The topological polar surface area (TPSA) is 61.4 Å². The van der Waals surface area contributed by atoms with Crippen LogP contribution in [0.3, 0.4) is 0 Å². The molecule has 0 aliphatic rings. The Kier molecular flexibility index (Phi) is 3.90. The Bertz CT molecular complexity index is 352. The summed E-state index contributed by atoms with van der Waals surface area (Å²) >= 11 is 0. The molecule has 0 heterocycles. The van der Waals surface area contributed by atoms with Crippen molar-refractivity contribution in [2.45, 2.75) is 26.2 Å². The van der Waals surface area contributed by atoms with Crippen molar-refractivity contribution in [1.82, 2.24) is 5.43 Å². The molecule has 88 valence electrons. The van der Waals surface area contributed by atoms with E-state index in [4.69, 9.17) is 5.11 Å². The monoisotopic (exact) mass is 222 g/mol. The molecular formula is C12H18N2O2. The number of nitrogens with one attached hydrogen (secondary N) is 2. The van der Waals surface area contributed by atoms with E-state index in [0.29, 0.717) is 0 Å². The normalized spacial score (nSPS) is 11.0. The molecule has 3 N–H and O–H groups in total. The zero-order valence-electron chi connectivity index (χ0n) is 9.87. The van der Waals surface area contributed by atoms with Gasteiger partial charge in [0.25, 0.3) is 5.91 Å². The Hall–Kier alpha value is -1.55. The number of hydrazine groups is 1. The molecule has 0 aliphatic carbocycles. The fourth-order valence-corrected chi connectivity index (χ4v) is 1.23. The van der Waals surface area contributed by atoms with Crippen LogP contribution in [0.2, 0.25) is 0 Å². The third kappa shape index (κ3) is 3.55. The van der Waals surface area contributed by atoms with Crippen LogP contribution >= 0.6 is 0 Å². The number of benzene rings is 1. The van der Waals surface area contributed by atoms with Crippen molar-refractivity contribution in [1.29, 1.82) is 0 Å². The van der Waals surface area contributed by atoms with Gasteiger partial charge in [-0.1, -0.05) is 32.9 Å². The van der Waals surface area contributed by atoms with E-state index in [-0.39, 0.29) is 5.41 Å². The Balaban J connectivity index is 2.62. The lowest BCUT2D eigenvalue weighted by Crippen LogP contribution is -2.31. The van der Waals surface area contributed by atoms with Crippen LogP contribution in [0.25, 0.3) is 0 Å². The van der Waals surface area contributed by atoms with Crippen molar-refractivity contribution < 1.29 is 9.90 Å². The summed E-state index contributed by atoms with van der Waals surface area (Å²) in [7, 11) is 0. The van der Waals surface area contributed by atoms with E-state index in [9.17, 15) is 4.79 Å². The number of aliphatic hydroxyl groups is 1. The first-order valence-electron chi connectivity index (χ1n) is 5.20. The second-order valence-corrected chi connectivity index (χ2v) is 4.66. The van der Waals surface area contributed by atoms with Crippen molar-refractivity contribution in [3.8, 4) is 0 Å². The highest BCUT2D eigenvalue weighted by atomic mass is 16.3. The molecule has 0 aromatic heterocycles. The van der Waals surface area contributed by atoms with E-state index in [1.807, 2.05) is 24.3 Å². The highest BCUT2D eigenvalue weighted by molar-refractivity contribution is 5.78. The summed E-state index contributed by atoms with van der Waals surface area (Å²) in [4.78, 5) is 10.8. The second kappa shape index (κ2) is 4.99. The van der Waals surface area contributed by atoms with Crippen LogP contribution in [0, 0.1) is 0 Å². The average Bonchev–Trinajstić information content (AvgIpc) is 2.25. The summed E-state index contributed by atoms with van der Waals surface area (Å²) < 4.78 is 0. The maximum absolute atomic E-state index is 10.8. The summed E-state index contributed by atoms with van der Waals surface area (Å²) in [5.74, 6) is -0.458. The fraction of sp³-hybridized carbons (Fsp3) is 0.417. The van der Waals surface area contributed by atoms with Crippen LogP contribution in [-0.4, -0.2) is 17.6 Å². The number of hydrogen-bond donors (Lipinski definition) is 3. The highest BCUT2D eigenvalue weighted by Gasteiger charge is 2.12. The molecule has 0 radical (unpaired) electrons. The summed E-state index contributed by atoms with van der Waals surface area (Å²) in [6.07, 6.45) is 0. The molecule has 1 amide bonds. The van der Waals surface area contributed by atoms with Gasteiger partial charge in [0.15, 0.2) is 0 Å². The van der Waals surface area contributed by atoms with Crippen molar-refractivity contribution >= 4 is 11.6 Å². The van der Waals surface area contributed by atoms with E-state index in [1.54, 1.807) is 0 Å². The third-order valence-corrected chi connectivity index (χ3v) is 2.24. The molecule has 0 saturated carbocycles. The maximum atomic E-state index is 10.8. The van der Waals surface area contributed by atoms with Gasteiger partial charge in [0.1, 0.15) is 6.61 Å². The average molecular weight is 222 g/mol. The van der Waals surface area contributed by atoms with Crippen LogP contribution in [0.5, 0.6) is 0 Å². The minimum Gasteiger partial charge on any atom is -0.386 e. The van der Waals surface area contributed by atoms with Gasteiger partial charge in [-0.05, 0) is 23.1 Å². The molecule has 0 spiro atoms. The largest absolute Gasteiger partial charge is 0.386 e. The van der Waals surface area contributed by atoms with E-state index < -0.39 is 12.5 Å². The van der Waals surface area contributed by atoms with Gasteiger partial charge in [0.05, 0.1) is 5.69 Å². The van der Waals surface area contributed by atoms with E-state index >= 15 is 0 Å². The Morgan fingerprint density at radius 1 is 1.25 bits per heavy atom. The van der Waals surface area contributed by atoms with Crippen molar-refractivity contribution in [3.63, 3.8) is 0 Å². The standard InChI is InChI=1S/C12H18N2O2/c1-12(2,3)9-4-6-10(7-5-9)13-14-11(16)8-15/h4-7,13,15H,8H2,1-3H3,(H,14,16). The van der Waals surface area contributed by atoms with Gasteiger partial charge >= 0.3 is 0 Å². The van der Waals surface area contributed by atoms with Crippen LogP contribution in [0.1, 0.15) is 26.3 Å². The summed E-state index contributed by atoms with van der Waals surface area (Å²) in [6, 6.07) is 7.79. The molecule has 1 rings (SSSR count). The zero-order chi connectivity index (χ0) is 12.2. The first-order chi connectivity index (χ1) is 7.43. The van der Waals surface area contributed by atoms with Crippen molar-refractivity contribution in [3.05, 3.63) is 29.8 Å². The van der Waals surface area contributed by atoms with Gasteiger partial charge < -0.3 is 5.11 Å². The smallest absolute Gasteiger partial charge is 0.263 e. The summed E-state index contributed by atoms with van der Waals surface area (Å²) in [6.45, 7) is 5.90. The molecule has 0 saturated heterocycles. The summed E-state index contributed by atoms with van der Waals surface area (Å²) in [5.41, 5.74) is 7.22. The minimum absolute atomic E-state index is 0.118. The Labute approximate surface area is 95.6 Å². The third-order valence-electron chi connectivity index (χ3n) is 2.24. The van der Waals surface area contributed by atoms with Gasteiger partial charge in [-0.25, -0.2) is 0 Å². The lowest BCUT2D eigenvalue weighted by atomic mass is 9.87. The molecule has 16 heavy (non-hydrogen) atoms. The molecule has 0 fully saturated rings. The number of amides is 1. The predicted octanol–water partition coefficient (Wildman–Crippen LogP) is 1.42. The highest BCUT2D eigenvalue weighted by Crippen LogP contribution is 2.23. The molecule has 4 heteroatoms. The van der Waals surface area contributed by atoms with E-state index in [0.717, 1.165) is 5.69 Å². The van der Waals surface area contributed by atoms with E-state index in [1.165, 1.54) is 5.56 Å². The molecule has 4 nitrogen and oxygen atoms in total. The van der Waals surface area contributed by atoms with Crippen LogP contribution in [-0.2, 0) is 10.2 Å². The fourth-order valence-electron chi connectivity index (χ4n) is 1.23. The lowest BCUT2D eigenvalue weighted by molar-refractivity contribution is -0.123. The first-order valence-corrected chi connectivity index (χ1v) is 5.20. The van der Waals surface area contributed by atoms with Gasteiger partial charge in [-0.2, -0.15) is 0 Å². The molecule has 0 atom stereocenters. The molecular weight excluding hydrogens is 204 g/mol. The first kappa shape index (κ1) is 12.5. The van der Waals surface area contributed by atoms with Crippen LogP contribution in [0.4, 0.5) is 5.69 Å². The van der Waals surface area contributed by atoms with Gasteiger partial charge in [-0.15, -0.1) is 0 Å². The molecule has 0 bridgehead atoms.